The fourth-order valence-corrected chi connectivity index (χ4v) is 4.10. The number of benzene rings is 1. The van der Waals surface area contributed by atoms with Gasteiger partial charge in [0, 0.05) is 50.0 Å². The molecule has 5 N–H and O–H groups in total. The lowest BCUT2D eigenvalue weighted by Gasteiger charge is -2.32. The molecular formula is C21H28FN7O2. The Morgan fingerprint density at radius 3 is 2.19 bits per heavy atom. The van der Waals surface area contributed by atoms with Crippen molar-refractivity contribution in [2.24, 2.45) is 11.5 Å². The Balaban J connectivity index is 1.55. The summed E-state index contributed by atoms with van der Waals surface area (Å²) >= 11 is 0. The Labute approximate surface area is 180 Å². The first-order valence-electron chi connectivity index (χ1n) is 10.6. The van der Waals surface area contributed by atoms with Gasteiger partial charge < -0.3 is 26.6 Å². The van der Waals surface area contributed by atoms with Crippen LogP contribution >= 0.6 is 0 Å². The molecule has 2 aliphatic heterocycles. The topological polar surface area (TPSA) is 127 Å². The van der Waals surface area contributed by atoms with Crippen LogP contribution in [0.1, 0.15) is 25.7 Å². The van der Waals surface area contributed by atoms with Crippen LogP contribution in [-0.4, -0.2) is 48.2 Å². The van der Waals surface area contributed by atoms with Crippen molar-refractivity contribution in [3.05, 3.63) is 46.3 Å². The number of nitrogens with zero attached hydrogens (tertiary/aromatic N) is 4. The lowest BCUT2D eigenvalue weighted by molar-refractivity contribution is -0.384. The van der Waals surface area contributed by atoms with Crippen LogP contribution in [-0.2, 0) is 0 Å². The fraction of sp³-hybridized carbons (Fsp3) is 0.476. The van der Waals surface area contributed by atoms with Crippen molar-refractivity contribution in [3.8, 4) is 0 Å². The van der Waals surface area contributed by atoms with Gasteiger partial charge in [-0.15, -0.1) is 0 Å². The molecule has 10 heteroatoms. The molecule has 0 amide bonds. The third kappa shape index (κ3) is 4.86. The minimum atomic E-state index is -0.493. The molecule has 0 saturated carbocycles. The Bertz CT molecular complexity index is 941. The van der Waals surface area contributed by atoms with Crippen LogP contribution in [0.15, 0.2) is 30.3 Å². The maximum Gasteiger partial charge on any atom is 0.311 e. The molecule has 166 valence electrons. The molecule has 0 atom stereocenters. The zero-order valence-electron chi connectivity index (χ0n) is 17.3. The van der Waals surface area contributed by atoms with Gasteiger partial charge in [-0.1, -0.05) is 0 Å². The smallest absolute Gasteiger partial charge is 0.311 e. The Morgan fingerprint density at radius 2 is 1.61 bits per heavy atom. The number of rotatable bonds is 5. The highest BCUT2D eigenvalue weighted by atomic mass is 19.1. The van der Waals surface area contributed by atoms with Crippen LogP contribution in [0.5, 0.6) is 0 Å². The van der Waals surface area contributed by atoms with Crippen LogP contribution in [0.4, 0.5) is 33.1 Å². The first kappa shape index (κ1) is 21.3. The largest absolute Gasteiger partial charge is 0.369 e. The summed E-state index contributed by atoms with van der Waals surface area (Å²) in [6.07, 6.45) is 3.33. The van der Waals surface area contributed by atoms with Crippen molar-refractivity contribution in [2.75, 3.05) is 41.3 Å². The summed E-state index contributed by atoms with van der Waals surface area (Å²) in [7, 11) is 0. The number of pyridine rings is 1. The molecule has 2 aliphatic rings. The highest BCUT2D eigenvalue weighted by molar-refractivity contribution is 5.69. The highest BCUT2D eigenvalue weighted by Gasteiger charge is 2.23. The highest BCUT2D eigenvalue weighted by Crippen LogP contribution is 2.31. The molecular weight excluding hydrogens is 401 g/mol. The van der Waals surface area contributed by atoms with Gasteiger partial charge in [-0.05, 0) is 49.9 Å². The van der Waals surface area contributed by atoms with Crippen molar-refractivity contribution < 1.29 is 9.31 Å². The number of nitro groups is 1. The second kappa shape index (κ2) is 9.03. The molecule has 31 heavy (non-hydrogen) atoms. The van der Waals surface area contributed by atoms with Gasteiger partial charge in [0.05, 0.1) is 10.6 Å². The minimum absolute atomic E-state index is 0.0912. The Kier molecular flexibility index (Phi) is 6.19. The van der Waals surface area contributed by atoms with Crippen LogP contribution in [0, 0.1) is 15.9 Å². The standard InChI is InChI=1S/C21H28FN7O2/c22-17-13-16(1-2-18(17)27-9-5-14(23)6-10-27)25-21-19(29(30)31)3-4-20(26-21)28-11-7-15(24)8-12-28/h1-4,13-15H,5-12,23-24H2,(H,25,26). The summed E-state index contributed by atoms with van der Waals surface area (Å²) in [6, 6.07) is 8.16. The van der Waals surface area contributed by atoms with Gasteiger partial charge in [-0.25, -0.2) is 9.37 Å². The van der Waals surface area contributed by atoms with Crippen LogP contribution in [0.2, 0.25) is 0 Å². The number of anilines is 4. The molecule has 4 rings (SSSR count). The predicted molar refractivity (Wildman–Crippen MR) is 119 cm³/mol. The molecule has 0 spiro atoms. The van der Waals surface area contributed by atoms with E-state index in [4.69, 9.17) is 11.5 Å². The van der Waals surface area contributed by atoms with Crippen molar-refractivity contribution in [1.29, 1.82) is 0 Å². The van der Waals surface area contributed by atoms with E-state index in [9.17, 15) is 14.5 Å². The molecule has 9 nitrogen and oxygen atoms in total. The number of aromatic nitrogens is 1. The average molecular weight is 430 g/mol. The molecule has 1 aromatic heterocycles. The molecule has 2 saturated heterocycles. The maximum absolute atomic E-state index is 14.8. The molecule has 2 fully saturated rings. The van der Waals surface area contributed by atoms with E-state index in [0.29, 0.717) is 30.3 Å². The van der Waals surface area contributed by atoms with Gasteiger partial charge in [0.2, 0.25) is 5.82 Å². The van der Waals surface area contributed by atoms with Gasteiger partial charge >= 0.3 is 5.69 Å². The third-order valence-corrected chi connectivity index (χ3v) is 6.01. The number of halogens is 1. The minimum Gasteiger partial charge on any atom is -0.369 e. The van der Waals surface area contributed by atoms with Gasteiger partial charge in [0.15, 0.2) is 0 Å². The first-order valence-corrected chi connectivity index (χ1v) is 10.6. The van der Waals surface area contributed by atoms with Crippen molar-refractivity contribution in [2.45, 2.75) is 37.8 Å². The lowest BCUT2D eigenvalue weighted by Crippen LogP contribution is -2.40. The molecule has 0 unspecified atom stereocenters. The van der Waals surface area contributed by atoms with E-state index in [1.54, 1.807) is 18.2 Å². The van der Waals surface area contributed by atoms with E-state index in [0.717, 1.165) is 38.8 Å². The number of piperidine rings is 2. The summed E-state index contributed by atoms with van der Waals surface area (Å²) in [6.45, 7) is 2.90. The average Bonchev–Trinajstić information content (AvgIpc) is 2.75. The number of nitrogens with one attached hydrogen (secondary N) is 1. The zero-order valence-corrected chi connectivity index (χ0v) is 17.3. The number of nitrogens with two attached hydrogens (primary N) is 2. The number of hydrogen-bond acceptors (Lipinski definition) is 8. The van der Waals surface area contributed by atoms with E-state index in [1.807, 2.05) is 4.90 Å². The molecule has 3 heterocycles. The summed E-state index contributed by atoms with van der Waals surface area (Å²) in [5.41, 5.74) is 12.7. The second-order valence-electron chi connectivity index (χ2n) is 8.23. The first-order chi connectivity index (χ1) is 14.9. The molecule has 2 aromatic rings. The lowest BCUT2D eigenvalue weighted by atomic mass is 10.1. The third-order valence-electron chi connectivity index (χ3n) is 6.01. The van der Waals surface area contributed by atoms with Crippen LogP contribution in [0.3, 0.4) is 0 Å². The Morgan fingerprint density at radius 1 is 1.00 bits per heavy atom. The summed E-state index contributed by atoms with van der Waals surface area (Å²) in [5, 5.41) is 14.4. The van der Waals surface area contributed by atoms with E-state index >= 15 is 0 Å². The van der Waals surface area contributed by atoms with Gasteiger partial charge in [0.1, 0.15) is 11.6 Å². The molecule has 0 bridgehead atoms. The van der Waals surface area contributed by atoms with Crippen molar-refractivity contribution in [1.82, 2.24) is 4.98 Å². The molecule has 0 aliphatic carbocycles. The Hall–Kier alpha value is -2.98. The van der Waals surface area contributed by atoms with Gasteiger partial charge in [-0.3, -0.25) is 10.1 Å². The number of hydrogen-bond donors (Lipinski definition) is 3. The van der Waals surface area contributed by atoms with Crippen molar-refractivity contribution in [3.63, 3.8) is 0 Å². The summed E-state index contributed by atoms with van der Waals surface area (Å²) < 4.78 is 14.8. The van der Waals surface area contributed by atoms with Crippen LogP contribution < -0.4 is 26.6 Å². The van der Waals surface area contributed by atoms with E-state index < -0.39 is 4.92 Å². The predicted octanol–water partition coefficient (Wildman–Crippen LogP) is 2.73. The fourth-order valence-electron chi connectivity index (χ4n) is 4.10. The normalized spacial score (nSPS) is 18.3. The molecule has 0 radical (unpaired) electrons. The van der Waals surface area contributed by atoms with E-state index in [1.165, 1.54) is 12.1 Å². The van der Waals surface area contributed by atoms with Crippen LogP contribution in [0.25, 0.3) is 0 Å². The maximum atomic E-state index is 14.8. The monoisotopic (exact) mass is 429 g/mol. The summed E-state index contributed by atoms with van der Waals surface area (Å²) in [5.74, 6) is 0.347. The van der Waals surface area contributed by atoms with E-state index in [2.05, 4.69) is 15.2 Å². The van der Waals surface area contributed by atoms with Gasteiger partial charge in [0.25, 0.3) is 0 Å². The van der Waals surface area contributed by atoms with Crippen molar-refractivity contribution >= 4 is 28.7 Å². The second-order valence-corrected chi connectivity index (χ2v) is 8.23. The zero-order chi connectivity index (χ0) is 22.0. The quantitative estimate of drug-likeness (QED) is 0.489. The summed E-state index contributed by atoms with van der Waals surface area (Å²) in [4.78, 5) is 19.5. The van der Waals surface area contributed by atoms with Gasteiger partial charge in [-0.2, -0.15) is 0 Å². The SMILES string of the molecule is NC1CCN(c2ccc([N+](=O)[O-])c(Nc3ccc(N4CCC(N)CC4)c(F)c3)n2)CC1. The molecule has 1 aromatic carbocycles. The van der Waals surface area contributed by atoms with E-state index in [-0.39, 0.29) is 29.4 Å².